The fourth-order valence-electron chi connectivity index (χ4n) is 3.39. The molecule has 1 amide bonds. The zero-order valence-electron chi connectivity index (χ0n) is 15.0. The van der Waals surface area contributed by atoms with Gasteiger partial charge in [0, 0.05) is 44.9 Å². The van der Waals surface area contributed by atoms with E-state index in [1.165, 1.54) is 6.07 Å². The predicted octanol–water partition coefficient (Wildman–Crippen LogP) is 2.35. The third kappa shape index (κ3) is 4.03. The summed E-state index contributed by atoms with van der Waals surface area (Å²) in [5, 5.41) is 0. The van der Waals surface area contributed by atoms with E-state index in [-0.39, 0.29) is 17.8 Å². The number of anilines is 1. The van der Waals surface area contributed by atoms with Gasteiger partial charge in [0.25, 0.3) is 5.91 Å². The van der Waals surface area contributed by atoms with E-state index in [0.717, 1.165) is 6.42 Å². The summed E-state index contributed by atoms with van der Waals surface area (Å²) < 4.78 is 24.9. The molecule has 0 saturated carbocycles. The Hall–Kier alpha value is -2.67. The average molecular weight is 371 g/mol. The third-order valence-corrected chi connectivity index (χ3v) is 4.92. The monoisotopic (exact) mass is 371 g/mol. The lowest BCUT2D eigenvalue weighted by atomic mass is 10.2. The molecule has 4 rings (SSSR count). The van der Waals surface area contributed by atoms with Crippen LogP contribution in [-0.2, 0) is 4.74 Å². The molecule has 0 bridgehead atoms. The van der Waals surface area contributed by atoms with Crippen LogP contribution in [0.4, 0.5) is 10.1 Å². The quantitative estimate of drug-likeness (QED) is 0.826. The van der Waals surface area contributed by atoms with Crippen LogP contribution in [0.1, 0.15) is 16.8 Å². The molecule has 1 unspecified atom stereocenters. The van der Waals surface area contributed by atoms with Crippen LogP contribution in [0.25, 0.3) is 0 Å². The van der Waals surface area contributed by atoms with Crippen LogP contribution in [-0.4, -0.2) is 61.3 Å². The summed E-state index contributed by atoms with van der Waals surface area (Å²) in [6.07, 6.45) is 2.44. The van der Waals surface area contributed by atoms with Crippen molar-refractivity contribution in [2.45, 2.75) is 12.5 Å². The molecule has 142 valence electrons. The molecular weight excluding hydrogens is 349 g/mol. The van der Waals surface area contributed by atoms with Gasteiger partial charge >= 0.3 is 0 Å². The van der Waals surface area contributed by atoms with Gasteiger partial charge in [0.1, 0.15) is 11.9 Å². The van der Waals surface area contributed by atoms with E-state index in [1.54, 1.807) is 35.4 Å². The standard InChI is InChI=1S/C20H22FN3O3/c21-17-3-1-2-4-18(17)23-8-10-24(11-9-23)20(25)15-5-6-19(22-13-15)27-16-7-12-26-14-16/h1-6,13,16H,7-12,14H2. The molecule has 1 atom stereocenters. The Kier molecular flexibility index (Phi) is 5.20. The SMILES string of the molecule is O=C(c1ccc(OC2CCOC2)nc1)N1CCN(c2ccccc2F)CC1. The van der Waals surface area contributed by atoms with Crippen molar-refractivity contribution >= 4 is 11.6 Å². The Balaban J connectivity index is 1.34. The zero-order valence-corrected chi connectivity index (χ0v) is 15.0. The normalized spacial score (nSPS) is 20.0. The van der Waals surface area contributed by atoms with Crippen LogP contribution >= 0.6 is 0 Å². The van der Waals surface area contributed by atoms with Gasteiger partial charge in [-0.15, -0.1) is 0 Å². The lowest BCUT2D eigenvalue weighted by molar-refractivity contribution is 0.0746. The first kappa shape index (κ1) is 17.7. The molecule has 2 fully saturated rings. The van der Waals surface area contributed by atoms with E-state index in [1.807, 2.05) is 11.0 Å². The zero-order chi connectivity index (χ0) is 18.6. The van der Waals surface area contributed by atoms with Gasteiger partial charge in [0.2, 0.25) is 5.88 Å². The number of rotatable bonds is 4. The number of amides is 1. The largest absolute Gasteiger partial charge is 0.472 e. The smallest absolute Gasteiger partial charge is 0.255 e. The van der Waals surface area contributed by atoms with E-state index in [9.17, 15) is 9.18 Å². The van der Waals surface area contributed by atoms with E-state index in [0.29, 0.717) is 56.5 Å². The Labute approximate surface area is 157 Å². The first-order valence-corrected chi connectivity index (χ1v) is 9.20. The highest BCUT2D eigenvalue weighted by Crippen LogP contribution is 2.21. The molecule has 2 aliphatic heterocycles. The molecule has 6 nitrogen and oxygen atoms in total. The van der Waals surface area contributed by atoms with Crippen LogP contribution in [0.5, 0.6) is 5.88 Å². The second kappa shape index (κ2) is 7.92. The van der Waals surface area contributed by atoms with Crippen LogP contribution in [0.15, 0.2) is 42.6 Å². The number of hydrogen-bond acceptors (Lipinski definition) is 5. The van der Waals surface area contributed by atoms with E-state index >= 15 is 0 Å². The summed E-state index contributed by atoms with van der Waals surface area (Å²) in [6, 6.07) is 10.2. The second-order valence-corrected chi connectivity index (χ2v) is 6.72. The van der Waals surface area contributed by atoms with Crippen LogP contribution in [0.3, 0.4) is 0 Å². The Bertz CT molecular complexity index is 785. The highest BCUT2D eigenvalue weighted by Gasteiger charge is 2.24. The maximum Gasteiger partial charge on any atom is 0.255 e. The van der Waals surface area contributed by atoms with Crippen molar-refractivity contribution in [3.63, 3.8) is 0 Å². The van der Waals surface area contributed by atoms with Crippen molar-refractivity contribution in [1.29, 1.82) is 0 Å². The number of halogens is 1. The fraction of sp³-hybridized carbons (Fsp3) is 0.400. The summed E-state index contributed by atoms with van der Waals surface area (Å²) in [5.41, 5.74) is 1.12. The molecule has 0 radical (unpaired) electrons. The molecular formula is C20H22FN3O3. The highest BCUT2D eigenvalue weighted by molar-refractivity contribution is 5.94. The van der Waals surface area contributed by atoms with Crippen LogP contribution < -0.4 is 9.64 Å². The summed E-state index contributed by atoms with van der Waals surface area (Å²) in [5.74, 6) is 0.211. The van der Waals surface area contributed by atoms with Gasteiger partial charge in [-0.2, -0.15) is 0 Å². The fourth-order valence-corrected chi connectivity index (χ4v) is 3.39. The number of piperazine rings is 1. The predicted molar refractivity (Wildman–Crippen MR) is 98.6 cm³/mol. The number of hydrogen-bond donors (Lipinski definition) is 0. The van der Waals surface area contributed by atoms with E-state index in [4.69, 9.17) is 9.47 Å². The molecule has 1 aromatic heterocycles. The summed E-state index contributed by atoms with van der Waals surface area (Å²) in [4.78, 5) is 20.7. The number of nitrogens with zero attached hydrogens (tertiary/aromatic N) is 3. The van der Waals surface area contributed by atoms with Gasteiger partial charge < -0.3 is 19.3 Å². The van der Waals surface area contributed by atoms with Gasteiger partial charge in [-0.3, -0.25) is 4.79 Å². The molecule has 0 spiro atoms. The van der Waals surface area contributed by atoms with Crippen molar-refractivity contribution in [3.05, 3.63) is 54.0 Å². The van der Waals surface area contributed by atoms with Crippen molar-refractivity contribution < 1.29 is 18.7 Å². The lowest BCUT2D eigenvalue weighted by Crippen LogP contribution is -2.49. The first-order valence-electron chi connectivity index (χ1n) is 9.20. The lowest BCUT2D eigenvalue weighted by Gasteiger charge is -2.36. The van der Waals surface area contributed by atoms with Crippen molar-refractivity contribution in [2.24, 2.45) is 0 Å². The maximum atomic E-state index is 13.9. The summed E-state index contributed by atoms with van der Waals surface area (Å²) >= 11 is 0. The molecule has 2 saturated heterocycles. The average Bonchev–Trinajstić information content (AvgIpc) is 3.22. The van der Waals surface area contributed by atoms with Crippen LogP contribution in [0, 0.1) is 5.82 Å². The van der Waals surface area contributed by atoms with Gasteiger partial charge in [-0.1, -0.05) is 12.1 Å². The number of pyridine rings is 1. The third-order valence-electron chi connectivity index (χ3n) is 4.92. The van der Waals surface area contributed by atoms with Crippen molar-refractivity contribution in [2.75, 3.05) is 44.3 Å². The summed E-state index contributed by atoms with van der Waals surface area (Å²) in [7, 11) is 0. The Morgan fingerprint density at radius 3 is 2.63 bits per heavy atom. The van der Waals surface area contributed by atoms with Crippen molar-refractivity contribution in [1.82, 2.24) is 9.88 Å². The summed E-state index contributed by atoms with van der Waals surface area (Å²) in [6.45, 7) is 3.58. The molecule has 0 aliphatic carbocycles. The first-order chi connectivity index (χ1) is 13.2. The Morgan fingerprint density at radius 1 is 1.15 bits per heavy atom. The number of carbonyl (C=O) groups excluding carboxylic acids is 1. The van der Waals surface area contributed by atoms with Gasteiger partial charge in [0.15, 0.2) is 0 Å². The minimum atomic E-state index is -0.232. The maximum absolute atomic E-state index is 13.9. The van der Waals surface area contributed by atoms with Crippen LogP contribution in [0.2, 0.25) is 0 Å². The highest BCUT2D eigenvalue weighted by atomic mass is 19.1. The molecule has 3 heterocycles. The molecule has 2 aliphatic rings. The van der Waals surface area contributed by atoms with E-state index in [2.05, 4.69) is 4.98 Å². The number of benzene rings is 1. The van der Waals surface area contributed by atoms with Gasteiger partial charge in [0.05, 0.1) is 24.5 Å². The minimum absolute atomic E-state index is 0.0329. The number of aromatic nitrogens is 1. The Morgan fingerprint density at radius 2 is 1.96 bits per heavy atom. The number of para-hydroxylation sites is 1. The topological polar surface area (TPSA) is 54.9 Å². The molecule has 0 N–H and O–H groups in total. The molecule has 2 aromatic rings. The number of ether oxygens (including phenoxy) is 2. The minimum Gasteiger partial charge on any atom is -0.472 e. The van der Waals surface area contributed by atoms with Gasteiger partial charge in [-0.25, -0.2) is 9.37 Å². The number of carbonyl (C=O) groups is 1. The van der Waals surface area contributed by atoms with Crippen molar-refractivity contribution in [3.8, 4) is 5.88 Å². The molecule has 7 heteroatoms. The van der Waals surface area contributed by atoms with Gasteiger partial charge in [-0.05, 0) is 18.2 Å². The molecule has 27 heavy (non-hydrogen) atoms. The van der Waals surface area contributed by atoms with E-state index < -0.39 is 0 Å². The second-order valence-electron chi connectivity index (χ2n) is 6.72. The molecule has 1 aromatic carbocycles.